The van der Waals surface area contributed by atoms with Crippen molar-refractivity contribution in [2.75, 3.05) is 11.8 Å². The van der Waals surface area contributed by atoms with Gasteiger partial charge in [-0.05, 0) is 54.6 Å². The summed E-state index contributed by atoms with van der Waals surface area (Å²) in [5, 5.41) is 0. The Bertz CT molecular complexity index is 1630. The molecule has 0 saturated carbocycles. The zero-order valence-corrected chi connectivity index (χ0v) is 20.9. The molecule has 39 heavy (non-hydrogen) atoms. The topological polar surface area (TPSA) is 127 Å². The van der Waals surface area contributed by atoms with Crippen LogP contribution in [0.1, 0.15) is 26.5 Å². The first-order chi connectivity index (χ1) is 18.5. The van der Waals surface area contributed by atoms with Crippen LogP contribution in [0.25, 0.3) is 11.3 Å². The Morgan fingerprint density at radius 3 is 2.31 bits per heavy atom. The lowest BCUT2D eigenvalue weighted by molar-refractivity contribution is -0.137. The maximum absolute atomic E-state index is 13.0. The number of ether oxygens (including phenoxy) is 1. The van der Waals surface area contributed by atoms with Crippen LogP contribution < -0.4 is 20.3 Å². The molecule has 0 radical (unpaired) electrons. The molecule has 4 aromatic rings. The fourth-order valence-electron chi connectivity index (χ4n) is 3.45. The number of methoxy groups -OCH3 is 1. The zero-order chi connectivity index (χ0) is 28.2. The van der Waals surface area contributed by atoms with Gasteiger partial charge in [-0.15, -0.1) is 0 Å². The third-order valence-corrected chi connectivity index (χ3v) is 6.71. The molecule has 13 heteroatoms. The van der Waals surface area contributed by atoms with Gasteiger partial charge in [0.25, 0.3) is 15.9 Å². The molecule has 202 valence electrons. The minimum atomic E-state index is -4.55. The zero-order valence-electron chi connectivity index (χ0n) is 20.1. The van der Waals surface area contributed by atoms with Gasteiger partial charge in [0.15, 0.2) is 5.76 Å². The summed E-state index contributed by atoms with van der Waals surface area (Å²) >= 11 is 0. The van der Waals surface area contributed by atoms with Crippen LogP contribution in [0.15, 0.2) is 94.2 Å². The molecular formula is C26H20F3N3O6S. The highest BCUT2D eigenvalue weighted by atomic mass is 32.2. The Hall–Kier alpha value is -4.78. The number of hydrazine groups is 1. The summed E-state index contributed by atoms with van der Waals surface area (Å²) in [7, 11) is -2.70. The monoisotopic (exact) mass is 559 g/mol. The van der Waals surface area contributed by atoms with Gasteiger partial charge in [-0.1, -0.05) is 30.3 Å². The molecule has 1 aromatic heterocycles. The predicted octanol–water partition coefficient (Wildman–Crippen LogP) is 4.85. The Balaban J connectivity index is 1.42. The number of carbonyl (C=O) groups excluding carboxylic acids is 2. The van der Waals surface area contributed by atoms with Gasteiger partial charge in [0.05, 0.1) is 23.3 Å². The molecule has 0 bridgehead atoms. The highest BCUT2D eigenvalue weighted by Crippen LogP contribution is 2.32. The smallest absolute Gasteiger partial charge is 0.416 e. The number of anilines is 1. The first kappa shape index (κ1) is 27.3. The Labute approximate surface area is 220 Å². The molecule has 0 spiro atoms. The summed E-state index contributed by atoms with van der Waals surface area (Å²) in [5.74, 6) is -1.68. The maximum Gasteiger partial charge on any atom is 0.416 e. The van der Waals surface area contributed by atoms with Crippen LogP contribution in [-0.4, -0.2) is 27.3 Å². The number of hydrogen-bond acceptors (Lipinski definition) is 6. The van der Waals surface area contributed by atoms with Crippen molar-refractivity contribution >= 4 is 27.5 Å². The molecule has 0 aliphatic heterocycles. The summed E-state index contributed by atoms with van der Waals surface area (Å²) in [6, 6.07) is 18.4. The molecule has 0 saturated heterocycles. The van der Waals surface area contributed by atoms with Crippen LogP contribution in [0.4, 0.5) is 18.9 Å². The van der Waals surface area contributed by atoms with E-state index in [-0.39, 0.29) is 33.2 Å². The number of carbonyl (C=O) groups is 2. The maximum atomic E-state index is 13.0. The highest BCUT2D eigenvalue weighted by Gasteiger charge is 2.30. The van der Waals surface area contributed by atoms with Crippen molar-refractivity contribution in [2.24, 2.45) is 0 Å². The number of amides is 2. The minimum absolute atomic E-state index is 0.0121. The number of benzene rings is 3. The summed E-state index contributed by atoms with van der Waals surface area (Å²) in [6.07, 6.45) is -4.55. The first-order valence-corrected chi connectivity index (χ1v) is 12.6. The van der Waals surface area contributed by atoms with Crippen LogP contribution in [0, 0.1) is 0 Å². The first-order valence-electron chi connectivity index (χ1n) is 11.1. The lowest BCUT2D eigenvalue weighted by atomic mass is 10.1. The highest BCUT2D eigenvalue weighted by molar-refractivity contribution is 7.92. The molecule has 2 amide bonds. The minimum Gasteiger partial charge on any atom is -0.495 e. The molecule has 9 nitrogen and oxygen atoms in total. The van der Waals surface area contributed by atoms with Crippen molar-refractivity contribution in [1.29, 1.82) is 0 Å². The molecule has 3 aromatic carbocycles. The lowest BCUT2D eigenvalue weighted by Gasteiger charge is -2.12. The van der Waals surface area contributed by atoms with Crippen molar-refractivity contribution in [3.8, 4) is 17.1 Å². The second-order valence-corrected chi connectivity index (χ2v) is 9.67. The van der Waals surface area contributed by atoms with Gasteiger partial charge in [-0.3, -0.25) is 25.2 Å². The number of furan rings is 1. The van der Waals surface area contributed by atoms with E-state index in [1.165, 1.54) is 55.6 Å². The van der Waals surface area contributed by atoms with Gasteiger partial charge in [0.1, 0.15) is 11.5 Å². The SMILES string of the molecule is COc1ccccc1NS(=O)(=O)c1cccc(C(=O)NNC(=O)c2ccc(-c3cccc(C(F)(F)F)c3)o2)c1. The Kier molecular flexibility index (Phi) is 7.63. The van der Waals surface area contributed by atoms with Crippen LogP contribution >= 0.6 is 0 Å². The number of rotatable bonds is 7. The second kappa shape index (κ2) is 10.9. The number of alkyl halides is 3. The molecule has 0 atom stereocenters. The van der Waals surface area contributed by atoms with Crippen molar-refractivity contribution in [1.82, 2.24) is 10.9 Å². The molecule has 1 heterocycles. The molecule has 0 aliphatic rings. The number of nitrogens with one attached hydrogen (secondary N) is 3. The fourth-order valence-corrected chi connectivity index (χ4v) is 4.56. The Morgan fingerprint density at radius 1 is 0.846 bits per heavy atom. The van der Waals surface area contributed by atoms with Crippen molar-refractivity contribution < 1.29 is 40.3 Å². The van der Waals surface area contributed by atoms with E-state index in [1.807, 2.05) is 0 Å². The lowest BCUT2D eigenvalue weighted by Crippen LogP contribution is -2.41. The van der Waals surface area contributed by atoms with E-state index in [1.54, 1.807) is 18.2 Å². The average molecular weight is 560 g/mol. The Morgan fingerprint density at radius 2 is 1.56 bits per heavy atom. The largest absolute Gasteiger partial charge is 0.495 e. The molecule has 0 fully saturated rings. The van der Waals surface area contributed by atoms with Crippen molar-refractivity contribution in [3.05, 3.63) is 102 Å². The molecular weight excluding hydrogens is 539 g/mol. The van der Waals surface area contributed by atoms with Gasteiger partial charge in [-0.25, -0.2) is 8.42 Å². The third-order valence-electron chi connectivity index (χ3n) is 5.35. The van der Waals surface area contributed by atoms with Crippen molar-refractivity contribution in [3.63, 3.8) is 0 Å². The van der Waals surface area contributed by atoms with Gasteiger partial charge in [-0.2, -0.15) is 13.2 Å². The van der Waals surface area contributed by atoms with E-state index >= 15 is 0 Å². The molecule has 0 unspecified atom stereocenters. The van der Waals surface area contributed by atoms with Gasteiger partial charge >= 0.3 is 12.1 Å². The van der Waals surface area contributed by atoms with E-state index in [4.69, 9.17) is 9.15 Å². The molecule has 3 N–H and O–H groups in total. The van der Waals surface area contributed by atoms with Crippen LogP contribution in [-0.2, 0) is 16.2 Å². The average Bonchev–Trinajstić information content (AvgIpc) is 3.42. The summed E-state index contributed by atoms with van der Waals surface area (Å²) < 4.78 is 77.5. The quantitative estimate of drug-likeness (QED) is 0.278. The van der Waals surface area contributed by atoms with E-state index in [2.05, 4.69) is 15.6 Å². The van der Waals surface area contributed by atoms with Crippen LogP contribution in [0.3, 0.4) is 0 Å². The summed E-state index contributed by atoms with van der Waals surface area (Å²) in [5.41, 5.74) is 3.60. The number of halogens is 3. The fraction of sp³-hybridized carbons (Fsp3) is 0.0769. The van der Waals surface area contributed by atoms with Crippen molar-refractivity contribution in [2.45, 2.75) is 11.1 Å². The van der Waals surface area contributed by atoms with E-state index in [9.17, 15) is 31.2 Å². The second-order valence-electron chi connectivity index (χ2n) is 7.98. The van der Waals surface area contributed by atoms with E-state index < -0.39 is 33.6 Å². The standard InChI is InChI=1S/C26H20F3N3O6S/c1-37-22-11-3-2-10-20(22)32-39(35,36)19-9-5-7-17(15-19)24(33)30-31-25(34)23-13-12-21(38-23)16-6-4-8-18(14-16)26(27,28)29/h2-15,32H,1H3,(H,30,33)(H,31,34). The summed E-state index contributed by atoms with van der Waals surface area (Å²) in [6.45, 7) is 0. The van der Waals surface area contributed by atoms with Crippen LogP contribution in [0.2, 0.25) is 0 Å². The molecule has 0 aliphatic carbocycles. The van der Waals surface area contributed by atoms with Gasteiger partial charge < -0.3 is 9.15 Å². The summed E-state index contributed by atoms with van der Waals surface area (Å²) in [4.78, 5) is 24.8. The normalized spacial score (nSPS) is 11.5. The third kappa shape index (κ3) is 6.38. The predicted molar refractivity (Wildman–Crippen MR) is 134 cm³/mol. The number of para-hydroxylation sites is 2. The van der Waals surface area contributed by atoms with Gasteiger partial charge in [0, 0.05) is 11.1 Å². The van der Waals surface area contributed by atoms with E-state index in [0.29, 0.717) is 5.75 Å². The van der Waals surface area contributed by atoms with Gasteiger partial charge in [0.2, 0.25) is 0 Å². The number of sulfonamides is 1. The van der Waals surface area contributed by atoms with E-state index in [0.717, 1.165) is 18.2 Å². The molecule has 4 rings (SSSR count). The van der Waals surface area contributed by atoms with Crippen LogP contribution in [0.5, 0.6) is 5.75 Å². The number of hydrogen-bond donors (Lipinski definition) is 3.